The van der Waals surface area contributed by atoms with Crippen molar-refractivity contribution in [1.82, 2.24) is 0 Å². The molecule has 84 valence electrons. The molecule has 14 heavy (non-hydrogen) atoms. The third-order valence-corrected chi connectivity index (χ3v) is 4.10. The van der Waals surface area contributed by atoms with Crippen LogP contribution in [0.25, 0.3) is 0 Å². The molecule has 0 bridgehead atoms. The summed E-state index contributed by atoms with van der Waals surface area (Å²) in [6.45, 7) is 10.3. The molecule has 0 radical (unpaired) electrons. The summed E-state index contributed by atoms with van der Waals surface area (Å²) in [6, 6.07) is 0. The third kappa shape index (κ3) is 2.73. The van der Waals surface area contributed by atoms with E-state index in [1.54, 1.807) is 0 Å². The van der Waals surface area contributed by atoms with Gasteiger partial charge < -0.3 is 5.73 Å². The average molecular weight is 197 g/mol. The molecule has 2 N–H and O–H groups in total. The molecule has 0 spiro atoms. The zero-order chi connectivity index (χ0) is 10.7. The van der Waals surface area contributed by atoms with E-state index in [-0.39, 0.29) is 0 Å². The molecule has 4 unspecified atom stereocenters. The average Bonchev–Trinajstić information content (AvgIpc) is 2.36. The van der Waals surface area contributed by atoms with Gasteiger partial charge in [-0.3, -0.25) is 0 Å². The van der Waals surface area contributed by atoms with Crippen LogP contribution in [0.3, 0.4) is 0 Å². The Balaban J connectivity index is 2.47. The lowest BCUT2D eigenvalue weighted by atomic mass is 9.83. The standard InChI is InChI=1S/C13H27N/c1-9(2)5-6-12-10(3)7-11(4)13(12)8-14/h9-13H,5-8,14H2,1-4H3. The lowest BCUT2D eigenvalue weighted by molar-refractivity contribution is 0.271. The van der Waals surface area contributed by atoms with Crippen LogP contribution in [0.4, 0.5) is 0 Å². The van der Waals surface area contributed by atoms with E-state index in [1.165, 1.54) is 19.3 Å². The molecular formula is C13H27N. The SMILES string of the molecule is CC(C)CCC1C(C)CC(C)C1CN. The number of nitrogens with two attached hydrogens (primary N) is 1. The van der Waals surface area contributed by atoms with Crippen molar-refractivity contribution in [2.45, 2.75) is 47.0 Å². The van der Waals surface area contributed by atoms with E-state index < -0.39 is 0 Å². The van der Waals surface area contributed by atoms with E-state index in [4.69, 9.17) is 5.73 Å². The Morgan fingerprint density at radius 3 is 2.21 bits per heavy atom. The van der Waals surface area contributed by atoms with Crippen LogP contribution in [0, 0.1) is 29.6 Å². The molecule has 1 nitrogen and oxygen atoms in total. The lowest BCUT2D eigenvalue weighted by Crippen LogP contribution is -2.24. The largest absolute Gasteiger partial charge is 0.330 e. The van der Waals surface area contributed by atoms with Gasteiger partial charge in [-0.1, -0.05) is 34.1 Å². The van der Waals surface area contributed by atoms with Gasteiger partial charge in [-0.05, 0) is 49.0 Å². The van der Waals surface area contributed by atoms with Crippen LogP contribution in [0.5, 0.6) is 0 Å². The van der Waals surface area contributed by atoms with Crippen LogP contribution in [-0.2, 0) is 0 Å². The third-order valence-electron chi connectivity index (χ3n) is 4.10. The first-order valence-corrected chi connectivity index (χ1v) is 6.26. The molecule has 0 aromatic rings. The van der Waals surface area contributed by atoms with E-state index in [0.717, 1.165) is 36.1 Å². The first-order valence-electron chi connectivity index (χ1n) is 6.26. The van der Waals surface area contributed by atoms with Gasteiger partial charge in [-0.2, -0.15) is 0 Å². The van der Waals surface area contributed by atoms with Crippen molar-refractivity contribution < 1.29 is 0 Å². The predicted octanol–water partition coefficient (Wildman–Crippen LogP) is 3.29. The summed E-state index contributed by atoms with van der Waals surface area (Å²) in [5.41, 5.74) is 5.88. The molecule has 0 aliphatic heterocycles. The molecule has 0 saturated heterocycles. The number of rotatable bonds is 4. The zero-order valence-corrected chi connectivity index (χ0v) is 10.3. The Morgan fingerprint density at radius 1 is 1.14 bits per heavy atom. The smallest absolute Gasteiger partial charge is 0.00436 e. The fourth-order valence-corrected chi connectivity index (χ4v) is 3.21. The fourth-order valence-electron chi connectivity index (χ4n) is 3.21. The van der Waals surface area contributed by atoms with E-state index in [2.05, 4.69) is 27.7 Å². The van der Waals surface area contributed by atoms with Crippen LogP contribution in [-0.4, -0.2) is 6.54 Å². The second kappa shape index (κ2) is 5.16. The molecule has 0 aromatic heterocycles. The Bertz CT molecular complexity index is 165. The van der Waals surface area contributed by atoms with Crippen LogP contribution in [0.15, 0.2) is 0 Å². The molecule has 1 aliphatic carbocycles. The fraction of sp³-hybridized carbons (Fsp3) is 1.00. The van der Waals surface area contributed by atoms with Crippen LogP contribution < -0.4 is 5.73 Å². The van der Waals surface area contributed by atoms with Crippen LogP contribution in [0.1, 0.15) is 47.0 Å². The highest BCUT2D eigenvalue weighted by Crippen LogP contribution is 2.43. The van der Waals surface area contributed by atoms with Crippen molar-refractivity contribution in [2.24, 2.45) is 35.3 Å². The minimum absolute atomic E-state index is 0.795. The Labute approximate surface area is 89.5 Å². The van der Waals surface area contributed by atoms with Crippen molar-refractivity contribution in [1.29, 1.82) is 0 Å². The maximum atomic E-state index is 5.88. The molecule has 1 aliphatic rings. The highest BCUT2D eigenvalue weighted by atomic mass is 14.6. The summed E-state index contributed by atoms with van der Waals surface area (Å²) in [5, 5.41) is 0. The highest BCUT2D eigenvalue weighted by molar-refractivity contribution is 4.87. The molecule has 1 heteroatoms. The van der Waals surface area contributed by atoms with Crippen LogP contribution in [0.2, 0.25) is 0 Å². The van der Waals surface area contributed by atoms with Gasteiger partial charge in [0.05, 0.1) is 0 Å². The monoisotopic (exact) mass is 197 g/mol. The second-order valence-corrected chi connectivity index (χ2v) is 5.72. The predicted molar refractivity (Wildman–Crippen MR) is 63.1 cm³/mol. The molecule has 1 saturated carbocycles. The Kier molecular flexibility index (Phi) is 4.43. The summed E-state index contributed by atoms with van der Waals surface area (Å²) in [6.07, 6.45) is 4.16. The van der Waals surface area contributed by atoms with Gasteiger partial charge in [-0.15, -0.1) is 0 Å². The number of hydrogen-bond donors (Lipinski definition) is 1. The summed E-state index contributed by atoms with van der Waals surface area (Å²) >= 11 is 0. The van der Waals surface area contributed by atoms with Crippen LogP contribution >= 0.6 is 0 Å². The lowest BCUT2D eigenvalue weighted by Gasteiger charge is -2.24. The number of hydrogen-bond acceptors (Lipinski definition) is 1. The minimum atomic E-state index is 0.795. The van der Waals surface area contributed by atoms with Gasteiger partial charge in [-0.25, -0.2) is 0 Å². The molecular weight excluding hydrogens is 170 g/mol. The van der Waals surface area contributed by atoms with Gasteiger partial charge in [0.15, 0.2) is 0 Å². The van der Waals surface area contributed by atoms with Gasteiger partial charge >= 0.3 is 0 Å². The molecule has 0 heterocycles. The first-order chi connectivity index (χ1) is 6.56. The topological polar surface area (TPSA) is 26.0 Å². The minimum Gasteiger partial charge on any atom is -0.330 e. The zero-order valence-electron chi connectivity index (χ0n) is 10.3. The van der Waals surface area contributed by atoms with Gasteiger partial charge in [0, 0.05) is 0 Å². The van der Waals surface area contributed by atoms with Gasteiger partial charge in [0.2, 0.25) is 0 Å². The summed E-state index contributed by atoms with van der Waals surface area (Å²) < 4.78 is 0. The maximum Gasteiger partial charge on any atom is -0.00436 e. The first kappa shape index (κ1) is 12.0. The van der Waals surface area contributed by atoms with E-state index in [9.17, 15) is 0 Å². The molecule has 1 rings (SSSR count). The maximum absolute atomic E-state index is 5.88. The van der Waals surface area contributed by atoms with Crippen molar-refractivity contribution in [3.05, 3.63) is 0 Å². The van der Waals surface area contributed by atoms with Gasteiger partial charge in [0.25, 0.3) is 0 Å². The summed E-state index contributed by atoms with van der Waals surface area (Å²) in [4.78, 5) is 0. The molecule has 1 fully saturated rings. The van der Waals surface area contributed by atoms with Gasteiger partial charge in [0.1, 0.15) is 0 Å². The van der Waals surface area contributed by atoms with Crippen molar-refractivity contribution in [3.63, 3.8) is 0 Å². The van der Waals surface area contributed by atoms with E-state index in [0.29, 0.717) is 0 Å². The summed E-state index contributed by atoms with van der Waals surface area (Å²) in [5.74, 6) is 4.29. The quantitative estimate of drug-likeness (QED) is 0.735. The van der Waals surface area contributed by atoms with Crippen molar-refractivity contribution in [3.8, 4) is 0 Å². The molecule has 4 atom stereocenters. The van der Waals surface area contributed by atoms with E-state index >= 15 is 0 Å². The Hall–Kier alpha value is -0.0400. The van der Waals surface area contributed by atoms with Crippen molar-refractivity contribution in [2.75, 3.05) is 6.54 Å². The normalized spacial score (nSPS) is 38.1. The van der Waals surface area contributed by atoms with Crippen molar-refractivity contribution >= 4 is 0 Å². The molecule has 0 aromatic carbocycles. The Morgan fingerprint density at radius 2 is 1.71 bits per heavy atom. The highest BCUT2D eigenvalue weighted by Gasteiger charge is 2.37. The second-order valence-electron chi connectivity index (χ2n) is 5.72. The summed E-state index contributed by atoms with van der Waals surface area (Å²) in [7, 11) is 0. The molecule has 0 amide bonds. The van der Waals surface area contributed by atoms with E-state index in [1.807, 2.05) is 0 Å².